The van der Waals surface area contributed by atoms with Crippen LogP contribution in [0.25, 0.3) is 22.0 Å². The lowest BCUT2D eigenvalue weighted by Gasteiger charge is -2.07. The Morgan fingerprint density at radius 1 is 1.10 bits per heavy atom. The lowest BCUT2D eigenvalue weighted by molar-refractivity contribution is 0.412. The summed E-state index contributed by atoms with van der Waals surface area (Å²) in [4.78, 5) is 14.7. The van der Waals surface area contributed by atoms with Crippen molar-refractivity contribution in [3.05, 3.63) is 64.4 Å². The predicted molar refractivity (Wildman–Crippen MR) is 81.3 cm³/mol. The maximum atomic E-state index is 11.9. The molecule has 0 fully saturated rings. The summed E-state index contributed by atoms with van der Waals surface area (Å²) in [7, 11) is 1.44. The van der Waals surface area contributed by atoms with E-state index < -0.39 is 5.56 Å². The molecule has 1 N–H and O–H groups in total. The zero-order valence-corrected chi connectivity index (χ0v) is 11.4. The molecule has 0 atom stereocenters. The van der Waals surface area contributed by atoms with Crippen LogP contribution in [0.3, 0.4) is 0 Å². The van der Waals surface area contributed by atoms with Gasteiger partial charge in [-0.25, -0.2) is 0 Å². The molecule has 1 heterocycles. The van der Waals surface area contributed by atoms with Gasteiger partial charge in [-0.15, -0.1) is 0 Å². The number of aromatic nitrogens is 1. The summed E-state index contributed by atoms with van der Waals surface area (Å²) >= 11 is 0. The fourth-order valence-electron chi connectivity index (χ4n) is 2.32. The molecule has 0 spiro atoms. The molecule has 1 aromatic heterocycles. The standard InChI is InChI=1S/C17H12N2O2/c1-21-16-9-15(19-17(20)14(16)10-18)13-7-6-11-4-2-3-5-12(11)8-13/h2-9H,1H3,(H,19,20). The van der Waals surface area contributed by atoms with Crippen molar-refractivity contribution in [3.8, 4) is 23.1 Å². The minimum absolute atomic E-state index is 0.0120. The Bertz CT molecular complexity index is 920. The van der Waals surface area contributed by atoms with Crippen LogP contribution < -0.4 is 10.3 Å². The molecule has 0 bridgehead atoms. The van der Waals surface area contributed by atoms with Crippen molar-refractivity contribution in [1.29, 1.82) is 5.26 Å². The summed E-state index contributed by atoms with van der Waals surface area (Å²) in [6, 6.07) is 17.4. The van der Waals surface area contributed by atoms with Gasteiger partial charge in [0.25, 0.3) is 5.56 Å². The number of hydrogen-bond acceptors (Lipinski definition) is 3. The molecule has 4 nitrogen and oxygen atoms in total. The van der Waals surface area contributed by atoms with Gasteiger partial charge in [-0.1, -0.05) is 36.4 Å². The van der Waals surface area contributed by atoms with Crippen LogP contribution in [0, 0.1) is 11.3 Å². The summed E-state index contributed by atoms with van der Waals surface area (Å²) in [5.41, 5.74) is 1.04. The first-order valence-corrected chi connectivity index (χ1v) is 6.43. The van der Waals surface area contributed by atoms with Crippen LogP contribution in [0.1, 0.15) is 5.56 Å². The third kappa shape index (κ3) is 2.26. The number of nitrogens with zero attached hydrogens (tertiary/aromatic N) is 1. The van der Waals surface area contributed by atoms with E-state index >= 15 is 0 Å². The van der Waals surface area contributed by atoms with Gasteiger partial charge >= 0.3 is 0 Å². The van der Waals surface area contributed by atoms with Crippen molar-refractivity contribution >= 4 is 10.8 Å². The third-order valence-electron chi connectivity index (χ3n) is 3.39. The molecule has 3 aromatic rings. The van der Waals surface area contributed by atoms with Gasteiger partial charge in [0.2, 0.25) is 0 Å². The molecule has 0 unspecified atom stereocenters. The number of nitriles is 1. The number of fused-ring (bicyclic) bond motifs is 1. The summed E-state index contributed by atoms with van der Waals surface area (Å²) < 4.78 is 5.12. The normalized spacial score (nSPS) is 10.3. The number of methoxy groups -OCH3 is 1. The monoisotopic (exact) mass is 276 g/mol. The molecule has 4 heteroatoms. The summed E-state index contributed by atoms with van der Waals surface area (Å²) in [6.07, 6.45) is 0. The first kappa shape index (κ1) is 12.9. The Morgan fingerprint density at radius 2 is 1.86 bits per heavy atom. The summed E-state index contributed by atoms with van der Waals surface area (Å²) in [5, 5.41) is 11.2. The van der Waals surface area contributed by atoms with E-state index in [4.69, 9.17) is 10.00 Å². The van der Waals surface area contributed by atoms with Crippen molar-refractivity contribution in [3.63, 3.8) is 0 Å². The molecule has 102 valence electrons. The average Bonchev–Trinajstić information content (AvgIpc) is 2.53. The molecule has 0 radical (unpaired) electrons. The number of nitrogens with one attached hydrogen (secondary N) is 1. The zero-order valence-electron chi connectivity index (χ0n) is 11.4. The highest BCUT2D eigenvalue weighted by atomic mass is 16.5. The van der Waals surface area contributed by atoms with Crippen LogP contribution in [-0.4, -0.2) is 12.1 Å². The highest BCUT2D eigenvalue weighted by molar-refractivity contribution is 5.86. The molecular formula is C17H12N2O2. The molecule has 0 aliphatic rings. The molecule has 21 heavy (non-hydrogen) atoms. The number of pyridine rings is 1. The van der Waals surface area contributed by atoms with Crippen LogP contribution >= 0.6 is 0 Å². The van der Waals surface area contributed by atoms with Gasteiger partial charge in [0.05, 0.1) is 12.8 Å². The van der Waals surface area contributed by atoms with Crippen molar-refractivity contribution < 1.29 is 4.74 Å². The van der Waals surface area contributed by atoms with Crippen molar-refractivity contribution in [2.24, 2.45) is 0 Å². The first-order chi connectivity index (χ1) is 10.2. The Balaban J connectivity index is 2.21. The minimum atomic E-state index is -0.444. The Kier molecular flexibility index (Phi) is 3.17. The van der Waals surface area contributed by atoms with E-state index in [1.165, 1.54) is 7.11 Å². The maximum absolute atomic E-state index is 11.9. The van der Waals surface area contributed by atoms with Crippen molar-refractivity contribution in [1.82, 2.24) is 4.98 Å². The molecule has 3 rings (SSSR count). The fourth-order valence-corrected chi connectivity index (χ4v) is 2.32. The van der Waals surface area contributed by atoms with E-state index in [0.717, 1.165) is 16.3 Å². The summed E-state index contributed by atoms with van der Waals surface area (Å²) in [6.45, 7) is 0. The zero-order chi connectivity index (χ0) is 14.8. The average molecular weight is 276 g/mol. The van der Waals surface area contributed by atoms with E-state index in [1.54, 1.807) is 6.07 Å². The quantitative estimate of drug-likeness (QED) is 0.782. The van der Waals surface area contributed by atoms with Gasteiger partial charge in [0, 0.05) is 6.07 Å². The predicted octanol–water partition coefficient (Wildman–Crippen LogP) is 3.08. The van der Waals surface area contributed by atoms with E-state index in [-0.39, 0.29) is 11.3 Å². The van der Waals surface area contributed by atoms with Gasteiger partial charge < -0.3 is 9.72 Å². The van der Waals surface area contributed by atoms with E-state index in [2.05, 4.69) is 4.98 Å². The third-order valence-corrected chi connectivity index (χ3v) is 3.39. The van der Waals surface area contributed by atoms with Crippen LogP contribution in [0.2, 0.25) is 0 Å². The number of H-pyrrole nitrogens is 1. The van der Waals surface area contributed by atoms with Crippen molar-refractivity contribution in [2.45, 2.75) is 0 Å². The van der Waals surface area contributed by atoms with E-state index in [0.29, 0.717) is 5.69 Å². The fraction of sp³-hybridized carbons (Fsp3) is 0.0588. The first-order valence-electron chi connectivity index (χ1n) is 6.43. The SMILES string of the molecule is COc1cc(-c2ccc3ccccc3c2)[nH]c(=O)c1C#N. The maximum Gasteiger partial charge on any atom is 0.270 e. The highest BCUT2D eigenvalue weighted by Gasteiger charge is 2.11. The second-order valence-corrected chi connectivity index (χ2v) is 4.63. The van der Waals surface area contributed by atoms with Crippen LogP contribution in [0.15, 0.2) is 53.3 Å². The number of hydrogen-bond donors (Lipinski definition) is 1. The molecule has 2 aromatic carbocycles. The smallest absolute Gasteiger partial charge is 0.270 e. The molecule has 0 amide bonds. The molecule has 0 aliphatic carbocycles. The Labute approximate surface area is 121 Å². The number of benzene rings is 2. The van der Waals surface area contributed by atoms with E-state index in [9.17, 15) is 4.79 Å². The molecule has 0 aliphatic heterocycles. The number of rotatable bonds is 2. The van der Waals surface area contributed by atoms with Gasteiger partial charge in [-0.3, -0.25) is 4.79 Å². The lowest BCUT2D eigenvalue weighted by atomic mass is 10.0. The molecule has 0 saturated heterocycles. The van der Waals surface area contributed by atoms with Gasteiger partial charge in [-0.05, 0) is 22.4 Å². The largest absolute Gasteiger partial charge is 0.495 e. The van der Waals surface area contributed by atoms with Gasteiger partial charge in [0.15, 0.2) is 5.56 Å². The Hall–Kier alpha value is -3.06. The van der Waals surface area contributed by atoms with Crippen LogP contribution in [0.4, 0.5) is 0 Å². The topological polar surface area (TPSA) is 65.9 Å². The van der Waals surface area contributed by atoms with Gasteiger partial charge in [0.1, 0.15) is 11.8 Å². The van der Waals surface area contributed by atoms with E-state index in [1.807, 2.05) is 48.5 Å². The second kappa shape index (κ2) is 5.14. The highest BCUT2D eigenvalue weighted by Crippen LogP contribution is 2.25. The van der Waals surface area contributed by atoms with Crippen molar-refractivity contribution in [2.75, 3.05) is 7.11 Å². The van der Waals surface area contributed by atoms with Crippen LogP contribution in [0.5, 0.6) is 5.75 Å². The summed E-state index contributed by atoms with van der Waals surface area (Å²) in [5.74, 6) is 0.282. The second-order valence-electron chi connectivity index (χ2n) is 4.63. The lowest BCUT2D eigenvalue weighted by Crippen LogP contribution is -2.12. The molecular weight excluding hydrogens is 264 g/mol. The minimum Gasteiger partial charge on any atom is -0.495 e. The number of ether oxygens (including phenoxy) is 1. The van der Waals surface area contributed by atoms with Gasteiger partial charge in [-0.2, -0.15) is 5.26 Å². The Morgan fingerprint density at radius 3 is 2.57 bits per heavy atom. The number of aromatic amines is 1. The van der Waals surface area contributed by atoms with Crippen LogP contribution in [-0.2, 0) is 0 Å². The molecule has 0 saturated carbocycles.